The Morgan fingerprint density at radius 3 is 2.33 bits per heavy atom. The number of aliphatic imine (C=N–C) groups is 1. The first kappa shape index (κ1) is 9.19. The molecule has 4 nitrogen and oxygen atoms in total. The highest BCUT2D eigenvalue weighted by Gasteiger charge is 2.45. The molecule has 1 rings (SSSR count). The molecule has 0 aromatic heterocycles. The monoisotopic (exact) mass is 170 g/mol. The van der Waals surface area contributed by atoms with E-state index in [9.17, 15) is 10.0 Å². The molecule has 1 heterocycles. The van der Waals surface area contributed by atoms with Crippen molar-refractivity contribution in [3.05, 3.63) is 0 Å². The van der Waals surface area contributed by atoms with Crippen molar-refractivity contribution in [1.29, 1.82) is 0 Å². The van der Waals surface area contributed by atoms with Gasteiger partial charge in [0.15, 0.2) is 0 Å². The molecule has 0 spiro atoms. The quantitative estimate of drug-likeness (QED) is 0.562. The van der Waals surface area contributed by atoms with Crippen LogP contribution in [0.25, 0.3) is 0 Å². The van der Waals surface area contributed by atoms with Gasteiger partial charge in [-0.2, -0.15) is 5.06 Å². The van der Waals surface area contributed by atoms with E-state index in [0.717, 1.165) is 0 Å². The Labute approximate surface area is 71.9 Å². The Bertz CT molecular complexity index is 243. The molecule has 0 aliphatic carbocycles. The fraction of sp³-hybridized carbons (Fsp3) is 0.750. The summed E-state index contributed by atoms with van der Waals surface area (Å²) >= 11 is 0. The van der Waals surface area contributed by atoms with Gasteiger partial charge in [-0.05, 0) is 13.8 Å². The highest BCUT2D eigenvalue weighted by atomic mass is 16.5. The number of rotatable bonds is 0. The van der Waals surface area contributed by atoms with Crippen LogP contribution in [0, 0.1) is 5.41 Å². The van der Waals surface area contributed by atoms with Gasteiger partial charge in [-0.3, -0.25) is 5.21 Å². The highest BCUT2D eigenvalue weighted by Crippen LogP contribution is 2.35. The van der Waals surface area contributed by atoms with Crippen LogP contribution in [0.4, 0.5) is 4.79 Å². The lowest BCUT2D eigenvalue weighted by molar-refractivity contribution is -0.140. The molecule has 1 aliphatic heterocycles. The molecule has 4 heteroatoms. The third-order valence-electron chi connectivity index (χ3n) is 2.79. The molecule has 0 radical (unpaired) electrons. The number of urea groups is 1. The topological polar surface area (TPSA) is 52.9 Å². The van der Waals surface area contributed by atoms with E-state index in [1.165, 1.54) is 0 Å². The SMILES string of the molecule is CC1(C)C=NC(=O)N(O)C1(C)C. The molecular weight excluding hydrogens is 156 g/mol. The average Bonchev–Trinajstić information content (AvgIpc) is 1.96. The summed E-state index contributed by atoms with van der Waals surface area (Å²) in [6, 6.07) is -0.598. The summed E-state index contributed by atoms with van der Waals surface area (Å²) in [6.45, 7) is 7.45. The van der Waals surface area contributed by atoms with Gasteiger partial charge in [-0.1, -0.05) is 13.8 Å². The van der Waals surface area contributed by atoms with E-state index < -0.39 is 11.6 Å². The number of hydrogen-bond donors (Lipinski definition) is 1. The number of hydroxylamine groups is 2. The van der Waals surface area contributed by atoms with Crippen LogP contribution in [-0.2, 0) is 0 Å². The minimum atomic E-state index is -0.605. The molecule has 0 saturated carbocycles. The Balaban J connectivity index is 3.13. The first-order valence-electron chi connectivity index (χ1n) is 3.87. The van der Waals surface area contributed by atoms with Gasteiger partial charge in [0.05, 0.1) is 5.54 Å². The second kappa shape index (κ2) is 2.29. The molecule has 12 heavy (non-hydrogen) atoms. The van der Waals surface area contributed by atoms with Crippen molar-refractivity contribution in [3.63, 3.8) is 0 Å². The van der Waals surface area contributed by atoms with Crippen LogP contribution in [0.2, 0.25) is 0 Å². The maximum atomic E-state index is 11.0. The predicted octanol–water partition coefficient (Wildman–Crippen LogP) is 1.69. The minimum Gasteiger partial charge on any atom is -0.284 e. The summed E-state index contributed by atoms with van der Waals surface area (Å²) in [4.78, 5) is 14.5. The molecule has 1 N–H and O–H groups in total. The fourth-order valence-corrected chi connectivity index (χ4v) is 0.941. The number of carbonyl (C=O) groups is 1. The normalized spacial score (nSPS) is 26.1. The highest BCUT2D eigenvalue weighted by molar-refractivity contribution is 5.89. The van der Waals surface area contributed by atoms with E-state index in [0.29, 0.717) is 5.06 Å². The van der Waals surface area contributed by atoms with Crippen LogP contribution in [-0.4, -0.2) is 28.1 Å². The number of hydrogen-bond acceptors (Lipinski definition) is 2. The van der Waals surface area contributed by atoms with Gasteiger partial charge in [-0.25, -0.2) is 9.79 Å². The molecule has 0 aromatic rings. The number of carbonyl (C=O) groups excluding carboxylic acids is 1. The third kappa shape index (κ3) is 1.03. The summed E-state index contributed by atoms with van der Waals surface area (Å²) in [5.41, 5.74) is -0.915. The van der Waals surface area contributed by atoms with Crippen LogP contribution in [0.15, 0.2) is 4.99 Å². The molecule has 0 bridgehead atoms. The lowest BCUT2D eigenvalue weighted by Gasteiger charge is -2.45. The zero-order valence-corrected chi connectivity index (χ0v) is 7.83. The largest absolute Gasteiger partial charge is 0.367 e. The van der Waals surface area contributed by atoms with Crippen molar-refractivity contribution in [2.75, 3.05) is 0 Å². The third-order valence-corrected chi connectivity index (χ3v) is 2.79. The Morgan fingerprint density at radius 2 is 1.92 bits per heavy atom. The van der Waals surface area contributed by atoms with Gasteiger partial charge in [0.2, 0.25) is 0 Å². The summed E-state index contributed by atoms with van der Waals surface area (Å²) in [6.07, 6.45) is 1.59. The van der Waals surface area contributed by atoms with Crippen LogP contribution in [0.1, 0.15) is 27.7 Å². The van der Waals surface area contributed by atoms with Crippen LogP contribution in [0.5, 0.6) is 0 Å². The smallest absolute Gasteiger partial charge is 0.284 e. The van der Waals surface area contributed by atoms with Gasteiger partial charge in [0.25, 0.3) is 0 Å². The van der Waals surface area contributed by atoms with Crippen LogP contribution in [0.3, 0.4) is 0 Å². The molecule has 0 aromatic carbocycles. The molecule has 0 fully saturated rings. The zero-order chi connectivity index (χ0) is 9.57. The van der Waals surface area contributed by atoms with Gasteiger partial charge in [-0.15, -0.1) is 0 Å². The van der Waals surface area contributed by atoms with E-state index in [1.54, 1.807) is 20.1 Å². The van der Waals surface area contributed by atoms with Crippen LogP contribution < -0.4 is 0 Å². The van der Waals surface area contributed by atoms with Crippen molar-refractivity contribution in [2.45, 2.75) is 33.2 Å². The Kier molecular flexibility index (Phi) is 1.76. The van der Waals surface area contributed by atoms with Crippen molar-refractivity contribution in [2.24, 2.45) is 10.4 Å². The lowest BCUT2D eigenvalue weighted by atomic mass is 9.74. The van der Waals surface area contributed by atoms with E-state index in [-0.39, 0.29) is 5.41 Å². The first-order valence-corrected chi connectivity index (χ1v) is 3.87. The van der Waals surface area contributed by atoms with Gasteiger partial charge in [0, 0.05) is 11.6 Å². The summed E-state index contributed by atoms with van der Waals surface area (Å²) in [5.74, 6) is 0. The standard InChI is InChI=1S/C8H14N2O2/c1-7(2)5-9-6(11)10(12)8(7,3)4/h5,12H,1-4H3. The van der Waals surface area contributed by atoms with Gasteiger partial charge >= 0.3 is 6.03 Å². The van der Waals surface area contributed by atoms with E-state index in [1.807, 2.05) is 13.8 Å². The minimum absolute atomic E-state index is 0.310. The molecule has 0 saturated heterocycles. The molecule has 0 atom stereocenters. The van der Waals surface area contributed by atoms with Crippen molar-refractivity contribution in [3.8, 4) is 0 Å². The molecule has 0 unspecified atom stereocenters. The van der Waals surface area contributed by atoms with Crippen molar-refractivity contribution in [1.82, 2.24) is 5.06 Å². The van der Waals surface area contributed by atoms with Crippen LogP contribution >= 0.6 is 0 Å². The molecule has 2 amide bonds. The maximum Gasteiger partial charge on any atom is 0.367 e. The second-order valence-electron chi connectivity index (χ2n) is 4.13. The first-order chi connectivity index (χ1) is 5.29. The Hall–Kier alpha value is -0.900. The predicted molar refractivity (Wildman–Crippen MR) is 45.4 cm³/mol. The fourth-order valence-electron chi connectivity index (χ4n) is 0.941. The number of nitrogens with zero attached hydrogens (tertiary/aromatic N) is 2. The zero-order valence-electron chi connectivity index (χ0n) is 7.83. The summed E-state index contributed by atoms with van der Waals surface area (Å²) < 4.78 is 0. The van der Waals surface area contributed by atoms with E-state index in [2.05, 4.69) is 4.99 Å². The number of amides is 2. The van der Waals surface area contributed by atoms with Crippen molar-refractivity contribution >= 4 is 12.2 Å². The lowest BCUT2D eigenvalue weighted by Crippen LogP contribution is -2.57. The second-order valence-corrected chi connectivity index (χ2v) is 4.13. The van der Waals surface area contributed by atoms with Crippen molar-refractivity contribution < 1.29 is 10.0 Å². The van der Waals surface area contributed by atoms with E-state index >= 15 is 0 Å². The molecular formula is C8H14N2O2. The summed E-state index contributed by atoms with van der Waals surface area (Å²) in [5, 5.41) is 10.1. The molecule has 1 aliphatic rings. The van der Waals surface area contributed by atoms with Gasteiger partial charge in [0.1, 0.15) is 0 Å². The Morgan fingerprint density at radius 1 is 1.42 bits per heavy atom. The summed E-state index contributed by atoms with van der Waals surface area (Å²) in [7, 11) is 0. The maximum absolute atomic E-state index is 11.0. The molecule has 68 valence electrons. The van der Waals surface area contributed by atoms with Gasteiger partial charge < -0.3 is 0 Å². The van der Waals surface area contributed by atoms with E-state index in [4.69, 9.17) is 0 Å². The average molecular weight is 170 g/mol.